The van der Waals surface area contributed by atoms with Gasteiger partial charge in [-0.2, -0.15) is 0 Å². The molecule has 0 fully saturated rings. The number of nitrogens with zero attached hydrogens (tertiary/aromatic N) is 1. The van der Waals surface area contributed by atoms with Crippen molar-refractivity contribution in [3.8, 4) is 0 Å². The van der Waals surface area contributed by atoms with Crippen LogP contribution in [0, 0.1) is 0 Å². The maximum atomic E-state index is 11.9. The molecule has 25 heavy (non-hydrogen) atoms. The number of anilines is 2. The summed E-state index contributed by atoms with van der Waals surface area (Å²) in [5.41, 5.74) is 8.74. The molecule has 5 nitrogen and oxygen atoms in total. The van der Waals surface area contributed by atoms with Gasteiger partial charge in [-0.1, -0.05) is 35.0 Å². The van der Waals surface area contributed by atoms with Crippen molar-refractivity contribution in [3.63, 3.8) is 0 Å². The number of carbonyl (C=O) groups is 1. The first-order chi connectivity index (χ1) is 11.6. The lowest BCUT2D eigenvalue weighted by molar-refractivity contribution is -0.116. The molecule has 2 aromatic carbocycles. The Morgan fingerprint density at radius 3 is 2.52 bits per heavy atom. The van der Waals surface area contributed by atoms with Gasteiger partial charge in [-0.25, -0.2) is 0 Å². The summed E-state index contributed by atoms with van der Waals surface area (Å²) in [6.45, 7) is 2.43. The first kappa shape index (κ1) is 21.4. The summed E-state index contributed by atoms with van der Waals surface area (Å²) in [5, 5.41) is 5.85. The number of benzene rings is 2. The van der Waals surface area contributed by atoms with E-state index in [-0.39, 0.29) is 36.3 Å². The van der Waals surface area contributed by atoms with Gasteiger partial charge in [-0.05, 0) is 48.4 Å². The number of nitrogens with two attached hydrogens (primary N) is 1. The number of amides is 1. The zero-order chi connectivity index (χ0) is 17.4. The lowest BCUT2D eigenvalue weighted by atomic mass is 10.1. The van der Waals surface area contributed by atoms with Gasteiger partial charge in [0.1, 0.15) is 0 Å². The Kier molecular flexibility index (Phi) is 9.51. The number of carbonyl (C=O) groups excluding carboxylic acids is 1. The largest absolute Gasteiger partial charge is 0.370 e. The molecule has 134 valence electrons. The number of aryl methyl sites for hydroxylation is 1. The van der Waals surface area contributed by atoms with Crippen molar-refractivity contribution in [1.82, 2.24) is 0 Å². The average Bonchev–Trinajstić information content (AvgIpc) is 2.57. The summed E-state index contributed by atoms with van der Waals surface area (Å²) in [4.78, 5) is 16.1. The number of nitrogens with one attached hydrogen (secondary N) is 2. The normalized spacial score (nSPS) is 10.7. The van der Waals surface area contributed by atoms with E-state index in [1.165, 1.54) is 5.56 Å². The average molecular weight is 517 g/mol. The summed E-state index contributed by atoms with van der Waals surface area (Å²) < 4.78 is 0.969. The smallest absolute Gasteiger partial charge is 0.226 e. The minimum atomic E-state index is -0.0955. The van der Waals surface area contributed by atoms with Crippen LogP contribution in [-0.4, -0.2) is 18.4 Å². The van der Waals surface area contributed by atoms with Crippen LogP contribution in [0.2, 0.25) is 0 Å². The molecule has 0 aliphatic rings. The lowest BCUT2D eigenvalue weighted by Crippen LogP contribution is -2.23. The van der Waals surface area contributed by atoms with Gasteiger partial charge in [0.25, 0.3) is 0 Å². The van der Waals surface area contributed by atoms with Gasteiger partial charge in [0.2, 0.25) is 5.91 Å². The molecule has 0 aliphatic heterocycles. The van der Waals surface area contributed by atoms with Crippen molar-refractivity contribution in [3.05, 3.63) is 58.6 Å². The Morgan fingerprint density at radius 2 is 1.84 bits per heavy atom. The van der Waals surface area contributed by atoms with E-state index in [1.807, 2.05) is 42.5 Å². The van der Waals surface area contributed by atoms with E-state index < -0.39 is 0 Å². The van der Waals surface area contributed by atoms with Crippen LogP contribution in [-0.2, 0) is 11.2 Å². The highest BCUT2D eigenvalue weighted by Crippen LogP contribution is 2.14. The van der Waals surface area contributed by atoms with Gasteiger partial charge in [0.15, 0.2) is 5.96 Å². The molecule has 0 atom stereocenters. The van der Waals surface area contributed by atoms with E-state index in [4.69, 9.17) is 5.73 Å². The fraction of sp³-hybridized carbons (Fsp3) is 0.222. The van der Waals surface area contributed by atoms with Crippen LogP contribution in [0.5, 0.6) is 0 Å². The summed E-state index contributed by atoms with van der Waals surface area (Å²) in [7, 11) is 0. The van der Waals surface area contributed by atoms with Crippen molar-refractivity contribution in [2.75, 3.05) is 17.2 Å². The monoisotopic (exact) mass is 516 g/mol. The molecule has 0 spiro atoms. The fourth-order valence-electron chi connectivity index (χ4n) is 2.09. The van der Waals surface area contributed by atoms with Gasteiger partial charge >= 0.3 is 0 Å². The second kappa shape index (κ2) is 11.1. The second-order valence-electron chi connectivity index (χ2n) is 5.25. The van der Waals surface area contributed by atoms with Crippen molar-refractivity contribution >= 4 is 63.1 Å². The zero-order valence-corrected chi connectivity index (χ0v) is 17.9. The molecule has 7 heteroatoms. The number of aliphatic imine (C=N–C) groups is 1. The van der Waals surface area contributed by atoms with Crippen molar-refractivity contribution < 1.29 is 4.79 Å². The molecule has 1 amide bonds. The van der Waals surface area contributed by atoms with Crippen molar-refractivity contribution in [2.24, 2.45) is 10.7 Å². The highest BCUT2D eigenvalue weighted by atomic mass is 127. The quantitative estimate of drug-likeness (QED) is 0.303. The lowest BCUT2D eigenvalue weighted by Gasteiger charge is -2.07. The zero-order valence-electron chi connectivity index (χ0n) is 14.0. The third-order valence-corrected chi connectivity index (χ3v) is 3.89. The summed E-state index contributed by atoms with van der Waals surface area (Å²) in [6.07, 6.45) is 1.23. The number of rotatable bonds is 6. The van der Waals surface area contributed by atoms with Crippen LogP contribution in [0.15, 0.2) is 58.0 Å². The summed E-state index contributed by atoms with van der Waals surface area (Å²) >= 11 is 3.35. The molecule has 0 radical (unpaired) electrons. The Balaban J connectivity index is 0.00000312. The molecule has 0 saturated heterocycles. The molecule has 0 saturated carbocycles. The minimum Gasteiger partial charge on any atom is -0.370 e. The first-order valence-electron chi connectivity index (χ1n) is 7.78. The Labute approximate surface area is 173 Å². The molecule has 2 rings (SSSR count). The topological polar surface area (TPSA) is 79.5 Å². The van der Waals surface area contributed by atoms with Crippen molar-refractivity contribution in [1.29, 1.82) is 0 Å². The van der Waals surface area contributed by atoms with Crippen LogP contribution in [0.3, 0.4) is 0 Å². The van der Waals surface area contributed by atoms with Crippen LogP contribution < -0.4 is 16.4 Å². The van der Waals surface area contributed by atoms with E-state index in [1.54, 1.807) is 0 Å². The van der Waals surface area contributed by atoms with Gasteiger partial charge < -0.3 is 16.4 Å². The predicted octanol–water partition coefficient (Wildman–Crippen LogP) is 4.38. The van der Waals surface area contributed by atoms with Crippen LogP contribution >= 0.6 is 39.9 Å². The number of guanidine groups is 1. The van der Waals surface area contributed by atoms with E-state index >= 15 is 0 Å². The molecular formula is C18H22BrIN4O. The van der Waals surface area contributed by atoms with E-state index in [0.717, 1.165) is 22.3 Å². The minimum absolute atomic E-state index is 0. The highest BCUT2D eigenvalue weighted by Gasteiger charge is 2.02. The van der Waals surface area contributed by atoms with E-state index in [2.05, 4.69) is 44.5 Å². The number of halogens is 2. The van der Waals surface area contributed by atoms with Crippen LogP contribution in [0.4, 0.5) is 11.4 Å². The fourth-order valence-corrected chi connectivity index (χ4v) is 2.36. The number of hydrogen-bond acceptors (Lipinski definition) is 2. The highest BCUT2D eigenvalue weighted by molar-refractivity contribution is 14.0. The second-order valence-corrected chi connectivity index (χ2v) is 6.17. The molecule has 0 aliphatic carbocycles. The van der Waals surface area contributed by atoms with E-state index in [9.17, 15) is 4.79 Å². The SMILES string of the molecule is CCc1cccc(NC(N)=NCCC(=O)Nc2ccc(Br)cc2)c1.I. The molecular weight excluding hydrogens is 495 g/mol. The van der Waals surface area contributed by atoms with Crippen LogP contribution in [0.25, 0.3) is 0 Å². The Bertz CT molecular complexity index is 719. The molecule has 0 bridgehead atoms. The summed E-state index contributed by atoms with van der Waals surface area (Å²) in [6, 6.07) is 15.4. The maximum Gasteiger partial charge on any atom is 0.226 e. The van der Waals surface area contributed by atoms with Crippen molar-refractivity contribution in [2.45, 2.75) is 19.8 Å². The van der Waals surface area contributed by atoms with E-state index in [0.29, 0.717) is 12.5 Å². The van der Waals surface area contributed by atoms with Gasteiger partial charge in [0, 0.05) is 22.3 Å². The molecule has 4 N–H and O–H groups in total. The maximum absolute atomic E-state index is 11.9. The van der Waals surface area contributed by atoms with Gasteiger partial charge in [0.05, 0.1) is 6.54 Å². The Morgan fingerprint density at radius 1 is 1.12 bits per heavy atom. The number of hydrogen-bond donors (Lipinski definition) is 3. The molecule has 2 aromatic rings. The van der Waals surface area contributed by atoms with Gasteiger partial charge in [-0.15, -0.1) is 24.0 Å². The van der Waals surface area contributed by atoms with Gasteiger partial charge in [-0.3, -0.25) is 9.79 Å². The molecule has 0 heterocycles. The third kappa shape index (κ3) is 7.87. The third-order valence-electron chi connectivity index (χ3n) is 3.36. The first-order valence-corrected chi connectivity index (χ1v) is 8.57. The Hall–Kier alpha value is -1.61. The predicted molar refractivity (Wildman–Crippen MR) is 119 cm³/mol. The van der Waals surface area contributed by atoms with Crippen LogP contribution in [0.1, 0.15) is 18.9 Å². The molecule has 0 aromatic heterocycles. The summed E-state index contributed by atoms with van der Waals surface area (Å²) in [5.74, 6) is 0.210. The standard InChI is InChI=1S/C18H21BrN4O.HI/c1-2-13-4-3-5-16(12-13)23-18(20)21-11-10-17(24)22-15-8-6-14(19)7-9-15;/h3-9,12H,2,10-11H2,1H3,(H,22,24)(H3,20,21,23);1H. The molecule has 0 unspecified atom stereocenters.